The zero-order valence-electron chi connectivity index (χ0n) is 19.8. The Labute approximate surface area is 216 Å². The normalized spacial score (nSPS) is 22.7. The number of carbonyl (C=O) groups excluding carboxylic acids is 1. The van der Waals surface area contributed by atoms with Gasteiger partial charge in [-0.1, -0.05) is 60.1 Å². The molecule has 9 heteroatoms. The van der Waals surface area contributed by atoms with Gasteiger partial charge in [-0.2, -0.15) is 4.31 Å². The van der Waals surface area contributed by atoms with Gasteiger partial charge in [-0.25, -0.2) is 13.4 Å². The maximum Gasteiger partial charge on any atom is 0.261 e. The van der Waals surface area contributed by atoms with Crippen LogP contribution in [0.5, 0.6) is 0 Å². The molecule has 0 bridgehead atoms. The summed E-state index contributed by atoms with van der Waals surface area (Å²) in [5, 5.41) is 0.626. The number of carbonyl (C=O) groups is 1. The molecule has 3 aromatic rings. The molecule has 36 heavy (non-hydrogen) atoms. The van der Waals surface area contributed by atoms with Crippen LogP contribution in [-0.2, 0) is 20.4 Å². The number of amides is 1. The van der Waals surface area contributed by atoms with Crippen LogP contribution in [0.2, 0.25) is 5.02 Å². The van der Waals surface area contributed by atoms with Crippen LogP contribution in [0.4, 0.5) is 0 Å². The van der Waals surface area contributed by atoms with Crippen LogP contribution < -0.4 is 5.73 Å². The Morgan fingerprint density at radius 3 is 2.44 bits per heavy atom. The van der Waals surface area contributed by atoms with E-state index in [0.717, 1.165) is 17.5 Å². The highest BCUT2D eigenvalue weighted by Gasteiger charge is 2.47. The molecule has 0 aliphatic carbocycles. The maximum atomic E-state index is 13.7. The SMILES string of the molecule is CC1(c2cccc(-c3cccc(Cl)c3)c2)N=C(N)N(C[C@@H]2CCCN2S(=O)(=O)c2ccccc2)C1=O. The summed E-state index contributed by atoms with van der Waals surface area (Å²) in [5.41, 5.74) is 7.60. The number of hydrogen-bond donors (Lipinski definition) is 1. The fraction of sp³-hybridized carbons (Fsp3) is 0.259. The number of benzene rings is 3. The number of aliphatic imine (C=N–C) groups is 1. The van der Waals surface area contributed by atoms with Gasteiger partial charge in [0, 0.05) is 24.2 Å². The van der Waals surface area contributed by atoms with E-state index in [1.165, 1.54) is 9.21 Å². The molecule has 2 atom stereocenters. The summed E-state index contributed by atoms with van der Waals surface area (Å²) in [6, 6.07) is 23.1. The average Bonchev–Trinajstić information content (AvgIpc) is 3.44. The molecule has 0 saturated carbocycles. The molecule has 0 spiro atoms. The molecule has 0 aromatic heterocycles. The minimum absolute atomic E-state index is 0.0969. The zero-order chi connectivity index (χ0) is 25.5. The van der Waals surface area contributed by atoms with Gasteiger partial charge in [0.1, 0.15) is 0 Å². The molecule has 1 amide bonds. The Morgan fingerprint density at radius 2 is 1.72 bits per heavy atom. The Balaban J connectivity index is 1.40. The van der Waals surface area contributed by atoms with Crippen LogP contribution in [0, 0.1) is 0 Å². The van der Waals surface area contributed by atoms with E-state index in [2.05, 4.69) is 4.99 Å². The van der Waals surface area contributed by atoms with Gasteiger partial charge in [0.2, 0.25) is 10.0 Å². The zero-order valence-corrected chi connectivity index (χ0v) is 21.4. The molecule has 3 aromatic carbocycles. The molecule has 5 rings (SSSR count). The number of rotatable bonds is 6. The summed E-state index contributed by atoms with van der Waals surface area (Å²) in [6.45, 7) is 2.30. The van der Waals surface area contributed by atoms with Crippen LogP contribution in [0.15, 0.2) is 88.8 Å². The van der Waals surface area contributed by atoms with Crippen LogP contribution >= 0.6 is 11.6 Å². The predicted octanol–water partition coefficient (Wildman–Crippen LogP) is 4.23. The summed E-state index contributed by atoms with van der Waals surface area (Å²) in [4.78, 5) is 19.9. The summed E-state index contributed by atoms with van der Waals surface area (Å²) < 4.78 is 28.0. The Morgan fingerprint density at radius 1 is 1.03 bits per heavy atom. The molecule has 1 saturated heterocycles. The number of sulfonamides is 1. The van der Waals surface area contributed by atoms with Crippen LogP contribution in [0.1, 0.15) is 25.3 Å². The summed E-state index contributed by atoms with van der Waals surface area (Å²) >= 11 is 6.17. The fourth-order valence-electron chi connectivity index (χ4n) is 4.98. The lowest BCUT2D eigenvalue weighted by molar-refractivity contribution is -0.131. The van der Waals surface area contributed by atoms with Gasteiger partial charge in [0.15, 0.2) is 11.5 Å². The van der Waals surface area contributed by atoms with E-state index >= 15 is 0 Å². The quantitative estimate of drug-likeness (QED) is 0.524. The molecule has 2 heterocycles. The first-order chi connectivity index (χ1) is 17.2. The Hall–Kier alpha value is -3.20. The Bertz CT molecular complexity index is 1440. The van der Waals surface area contributed by atoms with E-state index in [1.807, 2.05) is 48.5 Å². The molecule has 2 aliphatic heterocycles. The number of hydrogen-bond acceptors (Lipinski definition) is 5. The van der Waals surface area contributed by atoms with E-state index < -0.39 is 15.6 Å². The van der Waals surface area contributed by atoms with Crippen molar-refractivity contribution < 1.29 is 13.2 Å². The third-order valence-electron chi connectivity index (χ3n) is 6.93. The summed E-state index contributed by atoms with van der Waals surface area (Å²) in [7, 11) is -3.68. The van der Waals surface area contributed by atoms with Crippen molar-refractivity contribution >= 4 is 33.5 Å². The average molecular weight is 523 g/mol. The molecule has 1 unspecified atom stereocenters. The van der Waals surface area contributed by atoms with E-state index in [-0.39, 0.29) is 29.3 Å². The molecule has 186 valence electrons. The van der Waals surface area contributed by atoms with Gasteiger partial charge in [-0.05, 0) is 66.8 Å². The highest BCUT2D eigenvalue weighted by molar-refractivity contribution is 7.89. The van der Waals surface area contributed by atoms with Gasteiger partial charge >= 0.3 is 0 Å². The molecular formula is C27H27ClN4O3S. The number of guanidine groups is 1. The first kappa shape index (κ1) is 24.5. The van der Waals surface area contributed by atoms with Crippen molar-refractivity contribution in [2.24, 2.45) is 10.7 Å². The number of nitrogens with two attached hydrogens (primary N) is 1. The molecule has 2 aliphatic rings. The van der Waals surface area contributed by atoms with E-state index in [0.29, 0.717) is 23.6 Å². The second kappa shape index (κ2) is 9.35. The van der Waals surface area contributed by atoms with E-state index in [1.54, 1.807) is 37.3 Å². The predicted molar refractivity (Wildman–Crippen MR) is 141 cm³/mol. The van der Waals surface area contributed by atoms with Crippen LogP contribution in [-0.4, -0.2) is 48.6 Å². The fourth-order valence-corrected chi connectivity index (χ4v) is 6.88. The number of halogens is 1. The largest absolute Gasteiger partial charge is 0.369 e. The highest BCUT2D eigenvalue weighted by atomic mass is 35.5. The third-order valence-corrected chi connectivity index (χ3v) is 9.13. The van der Waals surface area contributed by atoms with Gasteiger partial charge in [0.25, 0.3) is 5.91 Å². The monoisotopic (exact) mass is 522 g/mol. The minimum Gasteiger partial charge on any atom is -0.369 e. The second-order valence-electron chi connectivity index (χ2n) is 9.27. The van der Waals surface area contributed by atoms with Crippen molar-refractivity contribution in [2.75, 3.05) is 13.1 Å². The van der Waals surface area contributed by atoms with Gasteiger partial charge in [0.05, 0.1) is 4.90 Å². The third kappa shape index (κ3) is 4.30. The van der Waals surface area contributed by atoms with Crippen LogP contribution in [0.25, 0.3) is 11.1 Å². The summed E-state index contributed by atoms with van der Waals surface area (Å²) in [5.74, 6) is -0.174. The molecule has 1 fully saturated rings. The minimum atomic E-state index is -3.68. The molecule has 2 N–H and O–H groups in total. The molecule has 0 radical (unpaired) electrons. The van der Waals surface area contributed by atoms with Crippen molar-refractivity contribution in [3.8, 4) is 11.1 Å². The van der Waals surface area contributed by atoms with Crippen molar-refractivity contribution in [3.63, 3.8) is 0 Å². The standard InChI is InChI=1S/C27H27ClN4O3S/c1-27(21-10-5-8-19(16-21)20-9-6-11-22(28)17-20)25(33)31(26(29)30-27)18-23-12-7-15-32(23)36(34,35)24-13-3-2-4-14-24/h2-6,8-11,13-14,16-17,23H,7,12,15,18H2,1H3,(H2,29,30)/t23-,27?/m0/s1. The highest BCUT2D eigenvalue weighted by Crippen LogP contribution is 2.36. The lowest BCUT2D eigenvalue weighted by atomic mass is 9.89. The van der Waals surface area contributed by atoms with Crippen LogP contribution in [0.3, 0.4) is 0 Å². The van der Waals surface area contributed by atoms with Gasteiger partial charge in [-0.3, -0.25) is 9.69 Å². The lowest BCUT2D eigenvalue weighted by Gasteiger charge is -2.29. The van der Waals surface area contributed by atoms with Gasteiger partial charge < -0.3 is 5.73 Å². The van der Waals surface area contributed by atoms with Gasteiger partial charge in [-0.15, -0.1) is 0 Å². The maximum absolute atomic E-state index is 13.7. The summed E-state index contributed by atoms with van der Waals surface area (Å²) in [6.07, 6.45) is 1.36. The lowest BCUT2D eigenvalue weighted by Crippen LogP contribution is -2.49. The van der Waals surface area contributed by atoms with Crippen molar-refractivity contribution in [1.29, 1.82) is 0 Å². The first-order valence-corrected chi connectivity index (χ1v) is 13.6. The van der Waals surface area contributed by atoms with Crippen molar-refractivity contribution in [1.82, 2.24) is 9.21 Å². The number of nitrogens with zero attached hydrogens (tertiary/aromatic N) is 3. The van der Waals surface area contributed by atoms with Crippen molar-refractivity contribution in [3.05, 3.63) is 89.4 Å². The first-order valence-electron chi connectivity index (χ1n) is 11.8. The smallest absolute Gasteiger partial charge is 0.261 e. The van der Waals surface area contributed by atoms with E-state index in [9.17, 15) is 13.2 Å². The molecular weight excluding hydrogens is 496 g/mol. The van der Waals surface area contributed by atoms with Crippen molar-refractivity contribution in [2.45, 2.75) is 36.2 Å². The Kier molecular flexibility index (Phi) is 6.36. The molecule has 7 nitrogen and oxygen atoms in total. The van der Waals surface area contributed by atoms with E-state index in [4.69, 9.17) is 17.3 Å². The topological polar surface area (TPSA) is 96.1 Å². The second-order valence-corrected chi connectivity index (χ2v) is 11.6.